The van der Waals surface area contributed by atoms with Crippen LogP contribution >= 0.6 is 0 Å². The first-order valence-corrected chi connectivity index (χ1v) is 5.03. The van der Waals surface area contributed by atoms with E-state index in [0.717, 1.165) is 19.3 Å². The maximum Gasteiger partial charge on any atom is 0.217 e. The number of hydrogen-bond acceptors (Lipinski definition) is 1. The van der Waals surface area contributed by atoms with E-state index in [1.54, 1.807) is 0 Å². The Morgan fingerprint density at radius 2 is 2.08 bits per heavy atom. The van der Waals surface area contributed by atoms with E-state index in [4.69, 9.17) is 0 Å². The molecule has 0 spiro atoms. The predicted octanol–water partition coefficient (Wildman–Crippen LogP) is 2.43. The molecule has 0 radical (unpaired) electrons. The largest absolute Gasteiger partial charge is 0.351 e. The molecule has 0 bridgehead atoms. The fourth-order valence-corrected chi connectivity index (χ4v) is 1.29. The lowest BCUT2D eigenvalue weighted by Crippen LogP contribution is -2.34. The van der Waals surface area contributed by atoms with Crippen LogP contribution in [0.4, 0.5) is 4.39 Å². The van der Waals surface area contributed by atoms with Crippen molar-refractivity contribution in [2.45, 2.75) is 52.0 Å². The fourth-order valence-electron chi connectivity index (χ4n) is 1.29. The number of carbonyl (C=O) groups is 1. The summed E-state index contributed by atoms with van der Waals surface area (Å²) in [6.07, 6.45) is 5.27. The summed E-state index contributed by atoms with van der Waals surface area (Å²) in [6.45, 7) is 3.11. The second kappa shape index (κ2) is 8.02. The first-order valence-electron chi connectivity index (χ1n) is 5.03. The molecular weight excluding hydrogens is 169 g/mol. The van der Waals surface area contributed by atoms with Crippen LogP contribution in [0.3, 0.4) is 0 Å². The Morgan fingerprint density at radius 3 is 2.54 bits per heavy atom. The molecule has 0 heterocycles. The SMILES string of the molecule is CCCCCCC(CF)NC(C)=O. The molecule has 2 nitrogen and oxygen atoms in total. The molecule has 0 fully saturated rings. The van der Waals surface area contributed by atoms with E-state index in [2.05, 4.69) is 12.2 Å². The van der Waals surface area contributed by atoms with Gasteiger partial charge in [-0.25, -0.2) is 4.39 Å². The minimum Gasteiger partial charge on any atom is -0.351 e. The summed E-state index contributed by atoms with van der Waals surface area (Å²) in [5.41, 5.74) is 0. The summed E-state index contributed by atoms with van der Waals surface area (Å²) >= 11 is 0. The third-order valence-electron chi connectivity index (χ3n) is 2.00. The van der Waals surface area contributed by atoms with Crippen molar-refractivity contribution in [3.8, 4) is 0 Å². The third-order valence-corrected chi connectivity index (χ3v) is 2.00. The van der Waals surface area contributed by atoms with Gasteiger partial charge in [0.1, 0.15) is 6.67 Å². The summed E-state index contributed by atoms with van der Waals surface area (Å²) in [7, 11) is 0. The Balaban J connectivity index is 3.42. The molecule has 0 saturated carbocycles. The first-order chi connectivity index (χ1) is 6.20. The Bertz CT molecular complexity index is 139. The lowest BCUT2D eigenvalue weighted by atomic mass is 10.1. The van der Waals surface area contributed by atoms with E-state index in [1.165, 1.54) is 19.8 Å². The average molecular weight is 189 g/mol. The van der Waals surface area contributed by atoms with Gasteiger partial charge in [0.2, 0.25) is 5.91 Å². The minimum atomic E-state index is -0.453. The monoisotopic (exact) mass is 189 g/mol. The van der Waals surface area contributed by atoms with Crippen LogP contribution in [0, 0.1) is 0 Å². The van der Waals surface area contributed by atoms with Crippen LogP contribution in [0.25, 0.3) is 0 Å². The number of unbranched alkanes of at least 4 members (excludes halogenated alkanes) is 3. The van der Waals surface area contributed by atoms with Gasteiger partial charge in [-0.15, -0.1) is 0 Å². The maximum atomic E-state index is 12.3. The van der Waals surface area contributed by atoms with Crippen molar-refractivity contribution < 1.29 is 9.18 Å². The Morgan fingerprint density at radius 1 is 1.38 bits per heavy atom. The third kappa shape index (κ3) is 7.75. The summed E-state index contributed by atoms with van der Waals surface area (Å²) < 4.78 is 12.3. The number of halogens is 1. The lowest BCUT2D eigenvalue weighted by Gasteiger charge is -2.13. The Labute approximate surface area is 79.9 Å². The Kier molecular flexibility index (Phi) is 7.65. The van der Waals surface area contributed by atoms with Crippen LogP contribution in [0.2, 0.25) is 0 Å². The fraction of sp³-hybridized carbons (Fsp3) is 0.900. The molecule has 1 unspecified atom stereocenters. The van der Waals surface area contributed by atoms with Crippen molar-refractivity contribution in [2.24, 2.45) is 0 Å². The molecule has 3 heteroatoms. The second-order valence-electron chi connectivity index (χ2n) is 3.40. The van der Waals surface area contributed by atoms with Crippen LogP contribution in [0.15, 0.2) is 0 Å². The van der Waals surface area contributed by atoms with Crippen LogP contribution in [0.5, 0.6) is 0 Å². The molecule has 0 aromatic carbocycles. The van der Waals surface area contributed by atoms with Crippen molar-refractivity contribution in [1.82, 2.24) is 5.32 Å². The number of carbonyl (C=O) groups excluding carboxylic acids is 1. The molecule has 78 valence electrons. The normalized spacial score (nSPS) is 12.5. The molecule has 1 atom stereocenters. The van der Waals surface area contributed by atoms with Gasteiger partial charge in [-0.3, -0.25) is 4.79 Å². The first kappa shape index (κ1) is 12.4. The highest BCUT2D eigenvalue weighted by Gasteiger charge is 2.08. The van der Waals surface area contributed by atoms with Crippen LogP contribution < -0.4 is 5.32 Å². The number of nitrogens with one attached hydrogen (secondary N) is 1. The van der Waals surface area contributed by atoms with Gasteiger partial charge in [0.05, 0.1) is 6.04 Å². The van der Waals surface area contributed by atoms with E-state index < -0.39 is 6.67 Å². The number of rotatable bonds is 7. The molecule has 13 heavy (non-hydrogen) atoms. The molecule has 0 rings (SSSR count). The topological polar surface area (TPSA) is 29.1 Å². The molecule has 0 aromatic rings. The lowest BCUT2D eigenvalue weighted by molar-refractivity contribution is -0.119. The van der Waals surface area contributed by atoms with Gasteiger partial charge >= 0.3 is 0 Å². The van der Waals surface area contributed by atoms with Crippen molar-refractivity contribution in [3.05, 3.63) is 0 Å². The number of amides is 1. The van der Waals surface area contributed by atoms with Gasteiger partial charge < -0.3 is 5.32 Å². The van der Waals surface area contributed by atoms with E-state index in [0.29, 0.717) is 0 Å². The quantitative estimate of drug-likeness (QED) is 0.612. The Hall–Kier alpha value is -0.600. The highest BCUT2D eigenvalue weighted by Crippen LogP contribution is 2.05. The van der Waals surface area contributed by atoms with Crippen LogP contribution in [-0.2, 0) is 4.79 Å². The summed E-state index contributed by atoms with van der Waals surface area (Å²) in [5.74, 6) is -0.141. The van der Waals surface area contributed by atoms with E-state index in [9.17, 15) is 9.18 Å². The number of hydrogen-bond donors (Lipinski definition) is 1. The second-order valence-corrected chi connectivity index (χ2v) is 3.40. The molecule has 0 aliphatic heterocycles. The highest BCUT2D eigenvalue weighted by molar-refractivity contribution is 5.73. The molecule has 0 saturated heterocycles. The van der Waals surface area contributed by atoms with Crippen LogP contribution in [-0.4, -0.2) is 18.6 Å². The standard InChI is InChI=1S/C10H20FNO/c1-3-4-5-6-7-10(8-11)12-9(2)13/h10H,3-8H2,1-2H3,(H,12,13). The minimum absolute atomic E-state index is 0.141. The van der Waals surface area contributed by atoms with Gasteiger partial charge in [0.15, 0.2) is 0 Å². The summed E-state index contributed by atoms with van der Waals surface area (Å²) in [4.78, 5) is 10.6. The van der Waals surface area contributed by atoms with Crippen LogP contribution in [0.1, 0.15) is 46.0 Å². The molecule has 0 aliphatic rings. The van der Waals surface area contributed by atoms with E-state index >= 15 is 0 Å². The van der Waals surface area contributed by atoms with Gasteiger partial charge in [-0.1, -0.05) is 32.6 Å². The van der Waals surface area contributed by atoms with Gasteiger partial charge in [0, 0.05) is 6.92 Å². The summed E-state index contributed by atoms with van der Waals surface area (Å²) in [6, 6.07) is -0.269. The molecule has 1 N–H and O–H groups in total. The van der Waals surface area contributed by atoms with Gasteiger partial charge in [0.25, 0.3) is 0 Å². The van der Waals surface area contributed by atoms with Crippen molar-refractivity contribution in [1.29, 1.82) is 0 Å². The molecule has 1 amide bonds. The molecular formula is C10H20FNO. The van der Waals surface area contributed by atoms with Gasteiger partial charge in [-0.2, -0.15) is 0 Å². The zero-order chi connectivity index (χ0) is 10.1. The zero-order valence-corrected chi connectivity index (χ0v) is 8.61. The highest BCUT2D eigenvalue weighted by atomic mass is 19.1. The summed E-state index contributed by atoms with van der Waals surface area (Å²) in [5, 5.41) is 2.59. The predicted molar refractivity (Wildman–Crippen MR) is 52.3 cm³/mol. The van der Waals surface area contributed by atoms with Crippen molar-refractivity contribution in [2.75, 3.05) is 6.67 Å². The smallest absolute Gasteiger partial charge is 0.217 e. The molecule has 0 aliphatic carbocycles. The maximum absolute atomic E-state index is 12.3. The van der Waals surface area contributed by atoms with E-state index in [-0.39, 0.29) is 11.9 Å². The van der Waals surface area contributed by atoms with Gasteiger partial charge in [-0.05, 0) is 6.42 Å². The van der Waals surface area contributed by atoms with Crippen molar-refractivity contribution in [3.63, 3.8) is 0 Å². The average Bonchev–Trinajstić information content (AvgIpc) is 2.09. The van der Waals surface area contributed by atoms with E-state index in [1.807, 2.05) is 0 Å². The zero-order valence-electron chi connectivity index (χ0n) is 8.61. The molecule has 0 aromatic heterocycles. The number of alkyl halides is 1. The van der Waals surface area contributed by atoms with Crippen molar-refractivity contribution >= 4 is 5.91 Å².